The van der Waals surface area contributed by atoms with Crippen LogP contribution in [0.3, 0.4) is 0 Å². The van der Waals surface area contributed by atoms with Gasteiger partial charge in [-0.05, 0) is 48.8 Å². The van der Waals surface area contributed by atoms with E-state index in [1.54, 1.807) is 0 Å². The van der Waals surface area contributed by atoms with Crippen LogP contribution in [0.2, 0.25) is 0 Å². The average Bonchev–Trinajstić information content (AvgIpc) is 2.82. The van der Waals surface area contributed by atoms with Gasteiger partial charge in [-0.2, -0.15) is 36.2 Å². The Labute approximate surface area is 214 Å². The molecule has 0 spiro atoms. The number of thiol groups is 1. The van der Waals surface area contributed by atoms with Gasteiger partial charge in [0.05, 0.1) is 6.04 Å². The third kappa shape index (κ3) is 11.0. The summed E-state index contributed by atoms with van der Waals surface area (Å²) in [5.41, 5.74) is 6.89. The molecule has 0 radical (unpaired) electrons. The molecule has 6 N–H and O–H groups in total. The third-order valence-electron chi connectivity index (χ3n) is 4.92. The maximum absolute atomic E-state index is 12.8. The smallest absolute Gasteiger partial charge is 0.326 e. The minimum atomic E-state index is -1.13. The Balaban J connectivity index is 2.79. The van der Waals surface area contributed by atoms with Crippen LogP contribution in [0.1, 0.15) is 18.4 Å². The van der Waals surface area contributed by atoms with Crippen molar-refractivity contribution in [1.82, 2.24) is 16.0 Å². The molecule has 34 heavy (non-hydrogen) atoms. The Morgan fingerprint density at radius 3 is 1.91 bits per heavy atom. The van der Waals surface area contributed by atoms with Gasteiger partial charge >= 0.3 is 5.97 Å². The molecule has 0 aliphatic rings. The number of nitrogens with one attached hydrogen (secondary N) is 3. The number of carboxylic acid groups (broad SMARTS) is 1. The zero-order chi connectivity index (χ0) is 25.5. The van der Waals surface area contributed by atoms with E-state index in [-0.39, 0.29) is 12.2 Å². The molecular formula is C22H34N4O5S3. The van der Waals surface area contributed by atoms with Gasteiger partial charge in [0.2, 0.25) is 17.7 Å². The van der Waals surface area contributed by atoms with Gasteiger partial charge in [-0.15, -0.1) is 0 Å². The molecule has 4 atom stereocenters. The molecule has 0 bridgehead atoms. The van der Waals surface area contributed by atoms with Crippen molar-refractivity contribution >= 4 is 59.8 Å². The van der Waals surface area contributed by atoms with Gasteiger partial charge < -0.3 is 26.8 Å². The fourth-order valence-corrected chi connectivity index (χ4v) is 4.18. The number of carbonyl (C=O) groups excluding carboxylic acids is 3. The third-order valence-corrected chi connectivity index (χ3v) is 6.57. The first kappa shape index (κ1) is 30.1. The van der Waals surface area contributed by atoms with E-state index in [1.165, 1.54) is 23.5 Å². The Morgan fingerprint density at radius 2 is 1.38 bits per heavy atom. The second kappa shape index (κ2) is 16.7. The van der Waals surface area contributed by atoms with Crippen molar-refractivity contribution in [1.29, 1.82) is 0 Å². The van der Waals surface area contributed by atoms with Gasteiger partial charge in [-0.25, -0.2) is 4.79 Å². The molecule has 0 saturated carbocycles. The first-order valence-electron chi connectivity index (χ1n) is 10.8. The SMILES string of the molecule is CSCCC(NC(=O)C(CCSC)NC(=O)C(CS)NC(=O)C(N)Cc1ccccc1)C(=O)O. The van der Waals surface area contributed by atoms with Gasteiger partial charge in [0, 0.05) is 5.75 Å². The predicted octanol–water partition coefficient (Wildman–Crippen LogP) is 0.531. The Kier molecular flexibility index (Phi) is 14.8. The van der Waals surface area contributed by atoms with Crippen molar-refractivity contribution in [2.75, 3.05) is 29.8 Å². The number of carbonyl (C=O) groups is 4. The summed E-state index contributed by atoms with van der Waals surface area (Å²) in [6.45, 7) is 0. The number of nitrogens with two attached hydrogens (primary N) is 1. The van der Waals surface area contributed by atoms with Gasteiger partial charge in [0.25, 0.3) is 0 Å². The van der Waals surface area contributed by atoms with E-state index in [0.717, 1.165) is 5.56 Å². The molecule has 0 aromatic heterocycles. The Bertz CT molecular complexity index is 800. The van der Waals surface area contributed by atoms with Crippen LogP contribution in [0, 0.1) is 0 Å². The first-order chi connectivity index (χ1) is 16.2. The van der Waals surface area contributed by atoms with Crippen LogP contribution in [0.25, 0.3) is 0 Å². The summed E-state index contributed by atoms with van der Waals surface area (Å²) in [7, 11) is 0. The lowest BCUT2D eigenvalue weighted by molar-refractivity contribution is -0.142. The van der Waals surface area contributed by atoms with Crippen LogP contribution in [-0.4, -0.2) is 82.7 Å². The van der Waals surface area contributed by atoms with Crippen molar-refractivity contribution in [3.05, 3.63) is 35.9 Å². The van der Waals surface area contributed by atoms with Crippen molar-refractivity contribution in [2.45, 2.75) is 43.4 Å². The van der Waals surface area contributed by atoms with E-state index in [1.807, 2.05) is 42.8 Å². The molecule has 9 nitrogen and oxygen atoms in total. The summed E-state index contributed by atoms with van der Waals surface area (Å²) < 4.78 is 0. The summed E-state index contributed by atoms with van der Waals surface area (Å²) in [4.78, 5) is 49.6. The maximum atomic E-state index is 12.8. The highest BCUT2D eigenvalue weighted by Crippen LogP contribution is 2.06. The monoisotopic (exact) mass is 530 g/mol. The summed E-state index contributed by atoms with van der Waals surface area (Å²) >= 11 is 7.13. The van der Waals surface area contributed by atoms with E-state index in [9.17, 15) is 24.3 Å². The Hall–Kier alpha value is -1.89. The number of carboxylic acids is 1. The van der Waals surface area contributed by atoms with Crippen LogP contribution in [-0.2, 0) is 25.6 Å². The Morgan fingerprint density at radius 1 is 0.882 bits per heavy atom. The minimum absolute atomic E-state index is 0.00201. The zero-order valence-corrected chi connectivity index (χ0v) is 21.9. The largest absolute Gasteiger partial charge is 0.480 e. The average molecular weight is 531 g/mol. The van der Waals surface area contributed by atoms with Crippen molar-refractivity contribution in [2.24, 2.45) is 5.73 Å². The molecule has 190 valence electrons. The lowest BCUT2D eigenvalue weighted by atomic mass is 10.1. The molecular weight excluding hydrogens is 496 g/mol. The predicted molar refractivity (Wildman–Crippen MR) is 141 cm³/mol. The zero-order valence-electron chi connectivity index (χ0n) is 19.4. The highest BCUT2D eigenvalue weighted by molar-refractivity contribution is 7.98. The molecule has 1 aromatic carbocycles. The summed E-state index contributed by atoms with van der Waals surface area (Å²) in [6, 6.07) is 5.40. The number of rotatable bonds is 16. The molecule has 0 heterocycles. The van der Waals surface area contributed by atoms with Crippen molar-refractivity contribution < 1.29 is 24.3 Å². The maximum Gasteiger partial charge on any atom is 0.326 e. The highest BCUT2D eigenvalue weighted by Gasteiger charge is 2.29. The second-order valence-corrected chi connectivity index (χ2v) is 9.90. The molecule has 0 aliphatic heterocycles. The standard InChI is InChI=1S/C22H34N4O5S3/c1-33-10-8-16(20(28)25-17(22(30)31)9-11-34-2)24-21(29)18(13-32)26-19(27)15(23)12-14-6-4-3-5-7-14/h3-7,15-18,32H,8-13,23H2,1-2H3,(H,24,29)(H,25,28)(H,26,27)(H,30,31). The normalized spacial score (nSPS) is 14.4. The fourth-order valence-electron chi connectivity index (χ4n) is 2.98. The number of hydrogen-bond donors (Lipinski definition) is 6. The lowest BCUT2D eigenvalue weighted by Gasteiger charge is -2.24. The quantitative estimate of drug-likeness (QED) is 0.169. The second-order valence-electron chi connectivity index (χ2n) is 7.56. The van der Waals surface area contributed by atoms with Crippen LogP contribution in [0.4, 0.5) is 0 Å². The minimum Gasteiger partial charge on any atom is -0.480 e. The molecule has 0 aliphatic carbocycles. The molecule has 1 rings (SSSR count). The van der Waals surface area contributed by atoms with E-state index in [4.69, 9.17) is 5.73 Å². The molecule has 12 heteroatoms. The molecule has 0 fully saturated rings. The number of amides is 3. The number of benzene rings is 1. The topological polar surface area (TPSA) is 151 Å². The van der Waals surface area contributed by atoms with Crippen LogP contribution in [0.5, 0.6) is 0 Å². The fraction of sp³-hybridized carbons (Fsp3) is 0.545. The summed E-state index contributed by atoms with van der Waals surface area (Å²) in [6.07, 6.45) is 4.58. The van der Waals surface area contributed by atoms with E-state index in [0.29, 0.717) is 24.3 Å². The van der Waals surface area contributed by atoms with E-state index < -0.39 is 47.9 Å². The van der Waals surface area contributed by atoms with E-state index >= 15 is 0 Å². The molecule has 3 amide bonds. The van der Waals surface area contributed by atoms with Crippen molar-refractivity contribution in [3.8, 4) is 0 Å². The molecule has 0 saturated heterocycles. The number of thioether (sulfide) groups is 2. The first-order valence-corrected chi connectivity index (χ1v) is 14.2. The number of aliphatic carboxylic acids is 1. The van der Waals surface area contributed by atoms with Gasteiger partial charge in [0.15, 0.2) is 0 Å². The van der Waals surface area contributed by atoms with Crippen LogP contribution < -0.4 is 21.7 Å². The van der Waals surface area contributed by atoms with Crippen LogP contribution >= 0.6 is 36.2 Å². The number of hydrogen-bond acceptors (Lipinski definition) is 8. The van der Waals surface area contributed by atoms with E-state index in [2.05, 4.69) is 28.6 Å². The van der Waals surface area contributed by atoms with Crippen LogP contribution in [0.15, 0.2) is 30.3 Å². The lowest BCUT2D eigenvalue weighted by Crippen LogP contribution is -2.58. The van der Waals surface area contributed by atoms with Gasteiger partial charge in [0.1, 0.15) is 18.1 Å². The molecule has 4 unspecified atom stereocenters. The molecule has 1 aromatic rings. The summed E-state index contributed by atoms with van der Waals surface area (Å²) in [5.74, 6) is -1.68. The van der Waals surface area contributed by atoms with Gasteiger partial charge in [-0.1, -0.05) is 30.3 Å². The van der Waals surface area contributed by atoms with Crippen molar-refractivity contribution in [3.63, 3.8) is 0 Å². The van der Waals surface area contributed by atoms with Gasteiger partial charge in [-0.3, -0.25) is 14.4 Å². The highest BCUT2D eigenvalue weighted by atomic mass is 32.2. The summed E-state index contributed by atoms with van der Waals surface area (Å²) in [5, 5.41) is 17.1.